The molecule has 0 aliphatic carbocycles. The molecule has 0 saturated heterocycles. The Kier molecular flexibility index (Phi) is 4.61. The standard InChI is InChI=1S/C19H17FN2O3/c1-3-25-19(24)15-11-22(10-13-6-4-5-7-16(13)20)18-14(17(15)23)9-8-12(2)21-18/h4-9,11H,3,10H2,1-2H3. The SMILES string of the molecule is CCOC(=O)c1cn(Cc2ccccc2F)c2nc(C)ccc2c1=O. The molecular formula is C19H17FN2O3. The molecule has 0 unspecified atom stereocenters. The summed E-state index contributed by atoms with van der Waals surface area (Å²) in [5, 5.41) is 0.299. The molecule has 0 saturated carbocycles. The van der Waals surface area contributed by atoms with Crippen molar-refractivity contribution in [2.24, 2.45) is 0 Å². The monoisotopic (exact) mass is 340 g/mol. The van der Waals surface area contributed by atoms with Gasteiger partial charge in [0.1, 0.15) is 17.0 Å². The molecule has 0 radical (unpaired) electrons. The highest BCUT2D eigenvalue weighted by atomic mass is 19.1. The summed E-state index contributed by atoms with van der Waals surface area (Å²) in [5.41, 5.74) is 1.03. The second kappa shape index (κ2) is 6.84. The number of fused-ring (bicyclic) bond motifs is 1. The molecule has 1 aromatic carbocycles. The average molecular weight is 340 g/mol. The number of aromatic nitrogens is 2. The highest BCUT2D eigenvalue weighted by molar-refractivity contribution is 5.93. The lowest BCUT2D eigenvalue weighted by Gasteiger charge is -2.13. The van der Waals surface area contributed by atoms with Gasteiger partial charge in [-0.05, 0) is 32.0 Å². The first-order valence-electron chi connectivity index (χ1n) is 7.92. The van der Waals surface area contributed by atoms with Crippen LogP contribution >= 0.6 is 0 Å². The normalized spacial score (nSPS) is 10.8. The number of halogens is 1. The van der Waals surface area contributed by atoms with E-state index >= 15 is 0 Å². The number of rotatable bonds is 4. The van der Waals surface area contributed by atoms with Gasteiger partial charge in [-0.1, -0.05) is 18.2 Å². The van der Waals surface area contributed by atoms with Crippen molar-refractivity contribution < 1.29 is 13.9 Å². The number of pyridine rings is 2. The van der Waals surface area contributed by atoms with E-state index in [4.69, 9.17) is 4.74 Å². The van der Waals surface area contributed by atoms with Crippen molar-refractivity contribution in [3.63, 3.8) is 0 Å². The van der Waals surface area contributed by atoms with E-state index in [0.717, 1.165) is 5.69 Å². The van der Waals surface area contributed by atoms with Crippen LogP contribution in [0.4, 0.5) is 4.39 Å². The van der Waals surface area contributed by atoms with Crippen LogP contribution in [0.15, 0.2) is 47.4 Å². The summed E-state index contributed by atoms with van der Waals surface area (Å²) >= 11 is 0. The number of aryl methyl sites for hydroxylation is 1. The minimum Gasteiger partial charge on any atom is -0.462 e. The smallest absolute Gasteiger partial charge is 0.343 e. The molecule has 3 aromatic rings. The van der Waals surface area contributed by atoms with Gasteiger partial charge in [-0.25, -0.2) is 14.2 Å². The number of ether oxygens (including phenoxy) is 1. The van der Waals surface area contributed by atoms with Crippen molar-refractivity contribution in [1.29, 1.82) is 0 Å². The molecular weight excluding hydrogens is 323 g/mol. The van der Waals surface area contributed by atoms with Crippen LogP contribution in [0, 0.1) is 12.7 Å². The predicted octanol–water partition coefficient (Wildman–Crippen LogP) is 3.07. The van der Waals surface area contributed by atoms with E-state index in [1.165, 1.54) is 12.3 Å². The van der Waals surface area contributed by atoms with Crippen LogP contribution in [-0.4, -0.2) is 22.1 Å². The molecule has 0 amide bonds. The van der Waals surface area contributed by atoms with Crippen LogP contribution in [0.3, 0.4) is 0 Å². The van der Waals surface area contributed by atoms with Crippen LogP contribution < -0.4 is 5.43 Å². The van der Waals surface area contributed by atoms with Gasteiger partial charge in [0.05, 0.1) is 18.5 Å². The van der Waals surface area contributed by atoms with Crippen molar-refractivity contribution in [3.8, 4) is 0 Å². The number of hydrogen-bond donors (Lipinski definition) is 0. The van der Waals surface area contributed by atoms with E-state index in [9.17, 15) is 14.0 Å². The molecule has 0 fully saturated rings. The minimum atomic E-state index is -0.697. The number of benzene rings is 1. The molecule has 0 N–H and O–H groups in total. The maximum absolute atomic E-state index is 14.0. The van der Waals surface area contributed by atoms with Crippen LogP contribution in [0.25, 0.3) is 11.0 Å². The van der Waals surface area contributed by atoms with E-state index in [0.29, 0.717) is 16.6 Å². The lowest BCUT2D eigenvalue weighted by atomic mass is 10.1. The fraction of sp³-hybridized carbons (Fsp3) is 0.211. The quantitative estimate of drug-likeness (QED) is 0.685. The second-order valence-corrected chi connectivity index (χ2v) is 5.64. The Bertz CT molecular complexity index is 1010. The summed E-state index contributed by atoms with van der Waals surface area (Å²) in [6.07, 6.45) is 1.39. The highest BCUT2D eigenvalue weighted by Crippen LogP contribution is 2.15. The number of hydrogen-bond acceptors (Lipinski definition) is 4. The Morgan fingerprint density at radius 2 is 2.00 bits per heavy atom. The van der Waals surface area contributed by atoms with Crippen molar-refractivity contribution >= 4 is 17.0 Å². The minimum absolute atomic E-state index is 0.0867. The molecule has 0 spiro atoms. The van der Waals surface area contributed by atoms with Crippen molar-refractivity contribution in [2.45, 2.75) is 20.4 Å². The highest BCUT2D eigenvalue weighted by Gasteiger charge is 2.18. The summed E-state index contributed by atoms with van der Waals surface area (Å²) < 4.78 is 20.6. The molecule has 2 heterocycles. The maximum Gasteiger partial charge on any atom is 0.343 e. The van der Waals surface area contributed by atoms with E-state index < -0.39 is 11.4 Å². The first-order valence-corrected chi connectivity index (χ1v) is 7.92. The lowest BCUT2D eigenvalue weighted by Crippen LogP contribution is -2.22. The third-order valence-corrected chi connectivity index (χ3v) is 3.85. The zero-order chi connectivity index (χ0) is 18.0. The topological polar surface area (TPSA) is 61.2 Å². The van der Waals surface area contributed by atoms with Gasteiger partial charge in [0, 0.05) is 17.5 Å². The Morgan fingerprint density at radius 3 is 2.72 bits per heavy atom. The van der Waals surface area contributed by atoms with Crippen LogP contribution in [0.5, 0.6) is 0 Å². The molecule has 5 nitrogen and oxygen atoms in total. The van der Waals surface area contributed by atoms with Crippen molar-refractivity contribution in [1.82, 2.24) is 9.55 Å². The van der Waals surface area contributed by atoms with Gasteiger partial charge < -0.3 is 9.30 Å². The Hall–Kier alpha value is -3.02. The van der Waals surface area contributed by atoms with Gasteiger partial charge in [-0.2, -0.15) is 0 Å². The Balaban J connectivity index is 2.23. The van der Waals surface area contributed by atoms with Crippen molar-refractivity contribution in [2.75, 3.05) is 6.61 Å². The summed E-state index contributed by atoms with van der Waals surface area (Å²) in [4.78, 5) is 29.1. The van der Waals surface area contributed by atoms with Gasteiger partial charge in [0.15, 0.2) is 0 Å². The fourth-order valence-corrected chi connectivity index (χ4v) is 2.64. The summed E-state index contributed by atoms with van der Waals surface area (Å²) in [5.74, 6) is -1.06. The molecule has 128 valence electrons. The van der Waals surface area contributed by atoms with E-state index in [2.05, 4.69) is 4.98 Å². The van der Waals surface area contributed by atoms with Crippen LogP contribution in [0.1, 0.15) is 28.5 Å². The van der Waals surface area contributed by atoms with Gasteiger partial charge in [-0.3, -0.25) is 4.79 Å². The van der Waals surface area contributed by atoms with Crippen LogP contribution in [0.2, 0.25) is 0 Å². The predicted molar refractivity (Wildman–Crippen MR) is 92.2 cm³/mol. The number of nitrogens with zero attached hydrogens (tertiary/aromatic N) is 2. The Morgan fingerprint density at radius 1 is 1.24 bits per heavy atom. The third-order valence-electron chi connectivity index (χ3n) is 3.85. The number of carbonyl (C=O) groups is 1. The average Bonchev–Trinajstić information content (AvgIpc) is 2.59. The number of esters is 1. The molecule has 0 aliphatic heterocycles. The first-order chi connectivity index (χ1) is 12.0. The van der Waals surface area contributed by atoms with Gasteiger partial charge in [-0.15, -0.1) is 0 Å². The summed E-state index contributed by atoms with van der Waals surface area (Å²) in [6, 6.07) is 9.68. The largest absolute Gasteiger partial charge is 0.462 e. The molecule has 3 rings (SSSR count). The van der Waals surface area contributed by atoms with E-state index in [1.54, 1.807) is 48.7 Å². The molecule has 0 atom stereocenters. The lowest BCUT2D eigenvalue weighted by molar-refractivity contribution is 0.0524. The molecule has 2 aromatic heterocycles. The molecule has 25 heavy (non-hydrogen) atoms. The summed E-state index contributed by atoms with van der Waals surface area (Å²) in [6.45, 7) is 3.78. The molecule has 0 aliphatic rings. The zero-order valence-corrected chi connectivity index (χ0v) is 14.0. The van der Waals surface area contributed by atoms with Gasteiger partial charge in [0.2, 0.25) is 5.43 Å². The van der Waals surface area contributed by atoms with Gasteiger partial charge >= 0.3 is 5.97 Å². The van der Waals surface area contributed by atoms with Gasteiger partial charge in [0.25, 0.3) is 0 Å². The fourth-order valence-electron chi connectivity index (χ4n) is 2.64. The second-order valence-electron chi connectivity index (χ2n) is 5.64. The maximum atomic E-state index is 14.0. The Labute approximate surface area is 143 Å². The van der Waals surface area contributed by atoms with E-state index in [1.807, 2.05) is 0 Å². The van der Waals surface area contributed by atoms with Crippen LogP contribution in [-0.2, 0) is 11.3 Å². The third kappa shape index (κ3) is 3.28. The van der Waals surface area contributed by atoms with E-state index in [-0.39, 0.29) is 24.5 Å². The zero-order valence-electron chi connectivity index (χ0n) is 14.0. The molecule has 6 heteroatoms. The number of carbonyl (C=O) groups excluding carboxylic acids is 1. The molecule has 0 bridgehead atoms. The first kappa shape index (κ1) is 16.8. The van der Waals surface area contributed by atoms with Crippen molar-refractivity contribution in [3.05, 3.63) is 75.5 Å². The summed E-state index contributed by atoms with van der Waals surface area (Å²) in [7, 11) is 0.